The van der Waals surface area contributed by atoms with Gasteiger partial charge in [0.1, 0.15) is 17.5 Å². The molecule has 1 saturated carbocycles. The highest BCUT2D eigenvalue weighted by Crippen LogP contribution is 2.36. The van der Waals surface area contributed by atoms with E-state index >= 15 is 0 Å². The summed E-state index contributed by atoms with van der Waals surface area (Å²) < 4.78 is 7.66. The summed E-state index contributed by atoms with van der Waals surface area (Å²) in [5.74, 6) is 0.581. The number of aliphatic hydroxyl groups is 1. The Kier molecular flexibility index (Phi) is 3.65. The fourth-order valence-electron chi connectivity index (χ4n) is 3.48. The van der Waals surface area contributed by atoms with Gasteiger partial charge in [0.05, 0.1) is 36.4 Å². The first-order valence-corrected chi connectivity index (χ1v) is 8.11. The van der Waals surface area contributed by atoms with Gasteiger partial charge < -0.3 is 25.0 Å². The number of rotatable bonds is 2. The van der Waals surface area contributed by atoms with E-state index in [4.69, 9.17) is 4.74 Å². The van der Waals surface area contributed by atoms with Crippen molar-refractivity contribution in [3.63, 3.8) is 0 Å². The van der Waals surface area contributed by atoms with Crippen LogP contribution in [0.4, 0.5) is 5.69 Å². The molecular formula is C17H20N4O3. The average Bonchev–Trinajstić information content (AvgIpc) is 3.02. The zero-order valence-corrected chi connectivity index (χ0v) is 13.3. The summed E-state index contributed by atoms with van der Waals surface area (Å²) in [6.45, 7) is 0. The Morgan fingerprint density at radius 2 is 2.25 bits per heavy atom. The monoisotopic (exact) mass is 328 g/mol. The maximum absolute atomic E-state index is 12.4. The van der Waals surface area contributed by atoms with Gasteiger partial charge in [-0.1, -0.05) is 12.1 Å². The molecule has 7 heteroatoms. The van der Waals surface area contributed by atoms with Crippen LogP contribution in [0.3, 0.4) is 0 Å². The van der Waals surface area contributed by atoms with Crippen LogP contribution in [0.5, 0.6) is 5.75 Å². The van der Waals surface area contributed by atoms with Crippen LogP contribution in [0.25, 0.3) is 0 Å². The molecule has 1 aliphatic carbocycles. The number of carbonyl (C=O) groups is 1. The zero-order valence-electron chi connectivity index (χ0n) is 13.3. The number of hydrogen-bond acceptors (Lipinski definition) is 5. The van der Waals surface area contributed by atoms with Crippen molar-refractivity contribution in [3.05, 3.63) is 42.5 Å². The van der Waals surface area contributed by atoms with Gasteiger partial charge in [0, 0.05) is 7.05 Å². The molecule has 1 fully saturated rings. The van der Waals surface area contributed by atoms with E-state index in [-0.39, 0.29) is 24.1 Å². The summed E-state index contributed by atoms with van der Waals surface area (Å²) in [6.07, 6.45) is 3.70. The number of nitrogens with zero attached hydrogens (tertiary/aromatic N) is 2. The van der Waals surface area contributed by atoms with E-state index in [0.29, 0.717) is 12.1 Å². The molecule has 2 heterocycles. The molecule has 4 rings (SSSR count). The summed E-state index contributed by atoms with van der Waals surface area (Å²) in [6, 6.07) is 7.13. The second-order valence-corrected chi connectivity index (χ2v) is 6.36. The van der Waals surface area contributed by atoms with Gasteiger partial charge in [0.2, 0.25) is 0 Å². The van der Waals surface area contributed by atoms with Crippen LogP contribution in [-0.4, -0.2) is 44.9 Å². The smallest absolute Gasteiger partial charge is 0.269 e. The first kappa shape index (κ1) is 15.0. The average molecular weight is 328 g/mol. The van der Waals surface area contributed by atoms with Gasteiger partial charge in [-0.25, -0.2) is 4.98 Å². The number of imidazole rings is 1. The Morgan fingerprint density at radius 3 is 3.04 bits per heavy atom. The number of anilines is 1. The predicted octanol–water partition coefficient (Wildman–Crippen LogP) is 0.915. The van der Waals surface area contributed by atoms with Crippen molar-refractivity contribution in [2.75, 3.05) is 5.32 Å². The quantitative estimate of drug-likeness (QED) is 0.763. The molecule has 1 aromatic carbocycles. The molecule has 3 N–H and O–H groups in total. The van der Waals surface area contributed by atoms with E-state index in [9.17, 15) is 9.90 Å². The number of aromatic nitrogens is 2. The lowest BCUT2D eigenvalue weighted by atomic mass is 9.84. The molecule has 0 spiro atoms. The van der Waals surface area contributed by atoms with Crippen molar-refractivity contribution < 1.29 is 14.6 Å². The van der Waals surface area contributed by atoms with Gasteiger partial charge in [0.15, 0.2) is 0 Å². The van der Waals surface area contributed by atoms with E-state index in [0.717, 1.165) is 17.9 Å². The number of nitrogens with one attached hydrogen (secondary N) is 2. The van der Waals surface area contributed by atoms with Gasteiger partial charge in [-0.05, 0) is 25.0 Å². The third-order valence-electron chi connectivity index (χ3n) is 4.80. The number of para-hydroxylation sites is 2. The Morgan fingerprint density at radius 1 is 1.42 bits per heavy atom. The summed E-state index contributed by atoms with van der Waals surface area (Å²) in [5.41, 5.74) is 1.35. The van der Waals surface area contributed by atoms with Crippen molar-refractivity contribution in [2.24, 2.45) is 7.05 Å². The molecule has 1 aliphatic heterocycles. The van der Waals surface area contributed by atoms with Gasteiger partial charge in [-0.2, -0.15) is 0 Å². The minimum absolute atomic E-state index is 0.0974. The van der Waals surface area contributed by atoms with Crippen LogP contribution in [0, 0.1) is 0 Å². The number of carbonyl (C=O) groups excluding carboxylic acids is 1. The van der Waals surface area contributed by atoms with Crippen LogP contribution in [-0.2, 0) is 7.05 Å². The van der Waals surface area contributed by atoms with E-state index in [2.05, 4.69) is 15.6 Å². The highest BCUT2D eigenvalue weighted by Gasteiger charge is 2.43. The minimum Gasteiger partial charge on any atom is -0.486 e. The van der Waals surface area contributed by atoms with Crippen LogP contribution in [0.1, 0.15) is 23.3 Å². The summed E-state index contributed by atoms with van der Waals surface area (Å²) >= 11 is 0. The Labute approximate surface area is 139 Å². The highest BCUT2D eigenvalue weighted by atomic mass is 16.5. The molecule has 24 heavy (non-hydrogen) atoms. The second kappa shape index (κ2) is 5.83. The predicted molar refractivity (Wildman–Crippen MR) is 88.0 cm³/mol. The molecule has 126 valence electrons. The summed E-state index contributed by atoms with van der Waals surface area (Å²) in [5, 5.41) is 17.0. The first-order chi connectivity index (χ1) is 11.6. The van der Waals surface area contributed by atoms with E-state index in [1.165, 1.54) is 6.20 Å². The maximum atomic E-state index is 12.4. The molecule has 1 amide bonds. The van der Waals surface area contributed by atoms with Crippen molar-refractivity contribution in [1.29, 1.82) is 0 Å². The second-order valence-electron chi connectivity index (χ2n) is 6.36. The van der Waals surface area contributed by atoms with Crippen LogP contribution in [0.15, 0.2) is 36.8 Å². The van der Waals surface area contributed by atoms with Gasteiger partial charge in [0.25, 0.3) is 5.91 Å². The van der Waals surface area contributed by atoms with E-state index in [1.807, 2.05) is 24.3 Å². The normalized spacial score (nSPS) is 28.1. The van der Waals surface area contributed by atoms with E-state index in [1.54, 1.807) is 17.9 Å². The molecular weight excluding hydrogens is 308 g/mol. The minimum atomic E-state index is -0.728. The third kappa shape index (κ3) is 2.50. The Balaban J connectivity index is 1.49. The topological polar surface area (TPSA) is 88.4 Å². The SMILES string of the molecule is Cn1cncc1C(=O)N[C@@H]1CC[C@H]2Oc3ccccc3N[C@H]2[C@@H]1O. The Hall–Kier alpha value is -2.54. The number of aliphatic hydroxyl groups excluding tert-OH is 1. The molecule has 2 aliphatic rings. The highest BCUT2D eigenvalue weighted by molar-refractivity contribution is 5.92. The van der Waals surface area contributed by atoms with E-state index < -0.39 is 6.10 Å². The number of amides is 1. The van der Waals surface area contributed by atoms with Crippen molar-refractivity contribution in [1.82, 2.24) is 14.9 Å². The standard InChI is InChI=1S/C17H20N4O3/c1-21-9-18-8-12(21)17(23)20-11-6-7-14-15(16(11)22)19-10-4-2-3-5-13(10)24-14/h2-5,8-9,11,14-16,19,22H,6-7H2,1H3,(H,20,23)/t11-,14-,15-,16-/m1/s1. The molecule has 0 saturated heterocycles. The number of hydrogen-bond donors (Lipinski definition) is 3. The van der Waals surface area contributed by atoms with Crippen LogP contribution < -0.4 is 15.4 Å². The van der Waals surface area contributed by atoms with Crippen molar-refractivity contribution in [2.45, 2.75) is 37.1 Å². The summed E-state index contributed by atoms with van der Waals surface area (Å²) in [4.78, 5) is 16.3. The zero-order chi connectivity index (χ0) is 16.7. The fraction of sp³-hybridized carbons (Fsp3) is 0.412. The number of aryl methyl sites for hydroxylation is 1. The molecule has 4 atom stereocenters. The molecule has 7 nitrogen and oxygen atoms in total. The lowest BCUT2D eigenvalue weighted by Crippen LogP contribution is -2.61. The third-order valence-corrected chi connectivity index (χ3v) is 4.80. The number of fused-ring (bicyclic) bond motifs is 2. The van der Waals surface area contributed by atoms with Crippen molar-refractivity contribution >= 4 is 11.6 Å². The van der Waals surface area contributed by atoms with Gasteiger partial charge in [-0.15, -0.1) is 0 Å². The fourth-order valence-corrected chi connectivity index (χ4v) is 3.48. The number of benzene rings is 1. The molecule has 2 aromatic rings. The van der Waals surface area contributed by atoms with Gasteiger partial charge >= 0.3 is 0 Å². The van der Waals surface area contributed by atoms with Gasteiger partial charge in [-0.3, -0.25) is 4.79 Å². The molecule has 1 aromatic heterocycles. The van der Waals surface area contributed by atoms with Crippen LogP contribution in [0.2, 0.25) is 0 Å². The molecule has 0 unspecified atom stereocenters. The molecule has 0 bridgehead atoms. The van der Waals surface area contributed by atoms with Crippen LogP contribution >= 0.6 is 0 Å². The molecule has 0 radical (unpaired) electrons. The first-order valence-electron chi connectivity index (χ1n) is 8.11. The number of ether oxygens (including phenoxy) is 1. The maximum Gasteiger partial charge on any atom is 0.269 e. The summed E-state index contributed by atoms with van der Waals surface area (Å²) in [7, 11) is 1.77. The lowest BCUT2D eigenvalue weighted by molar-refractivity contribution is 0.00949. The van der Waals surface area contributed by atoms with Crippen molar-refractivity contribution in [3.8, 4) is 5.75 Å². The Bertz CT molecular complexity index is 760. The lowest BCUT2D eigenvalue weighted by Gasteiger charge is -2.44. The largest absolute Gasteiger partial charge is 0.486 e.